The fourth-order valence-corrected chi connectivity index (χ4v) is 3.04. The van der Waals surface area contributed by atoms with E-state index in [0.29, 0.717) is 29.8 Å². The molecular formula is C22H21N3O4. The van der Waals surface area contributed by atoms with Crippen LogP contribution in [-0.4, -0.2) is 35.3 Å². The monoisotopic (exact) mass is 391 g/mol. The molecule has 1 saturated heterocycles. The Morgan fingerprint density at radius 2 is 1.93 bits per heavy atom. The number of ether oxygens (including phenoxy) is 1. The first-order chi connectivity index (χ1) is 14.0. The molecule has 7 heteroatoms. The van der Waals surface area contributed by atoms with E-state index in [4.69, 9.17) is 10.00 Å². The second-order valence-corrected chi connectivity index (χ2v) is 6.81. The Balaban J connectivity index is 1.57. The van der Waals surface area contributed by atoms with Gasteiger partial charge in [0.05, 0.1) is 16.8 Å². The summed E-state index contributed by atoms with van der Waals surface area (Å²) in [6.45, 7) is 2.74. The molecule has 2 aromatic carbocycles. The summed E-state index contributed by atoms with van der Waals surface area (Å²) in [5.41, 5.74) is 1.93. The lowest BCUT2D eigenvalue weighted by molar-refractivity contribution is -0.128. The molecule has 0 bridgehead atoms. The largest absolute Gasteiger partial charge is 0.449 e. The van der Waals surface area contributed by atoms with Crippen molar-refractivity contribution in [2.45, 2.75) is 32.4 Å². The summed E-state index contributed by atoms with van der Waals surface area (Å²) in [6, 6.07) is 15.4. The third kappa shape index (κ3) is 4.99. The van der Waals surface area contributed by atoms with E-state index in [2.05, 4.69) is 5.32 Å². The number of nitriles is 1. The first kappa shape index (κ1) is 20.1. The number of nitrogens with zero attached hydrogens (tertiary/aromatic N) is 2. The third-order valence-corrected chi connectivity index (χ3v) is 4.69. The zero-order chi connectivity index (χ0) is 20.8. The van der Waals surface area contributed by atoms with Gasteiger partial charge in [-0.1, -0.05) is 24.3 Å². The quantitative estimate of drug-likeness (QED) is 0.764. The first-order valence-corrected chi connectivity index (χ1v) is 9.35. The molecule has 1 N–H and O–H groups in total. The second-order valence-electron chi connectivity index (χ2n) is 6.81. The molecule has 1 aliphatic heterocycles. The Morgan fingerprint density at radius 3 is 2.59 bits per heavy atom. The number of benzene rings is 2. The Hall–Kier alpha value is -3.66. The van der Waals surface area contributed by atoms with Crippen LogP contribution in [0.25, 0.3) is 0 Å². The van der Waals surface area contributed by atoms with E-state index in [-0.39, 0.29) is 5.91 Å². The molecule has 1 heterocycles. The average molecular weight is 391 g/mol. The molecule has 7 nitrogen and oxygen atoms in total. The number of anilines is 1. The van der Waals surface area contributed by atoms with Gasteiger partial charge in [-0.3, -0.25) is 9.59 Å². The average Bonchev–Trinajstić information content (AvgIpc) is 3.13. The number of carbonyl (C=O) groups is 3. The fraction of sp³-hybridized carbons (Fsp3) is 0.273. The number of esters is 1. The van der Waals surface area contributed by atoms with Crippen LogP contribution >= 0.6 is 0 Å². The highest BCUT2D eigenvalue weighted by Crippen LogP contribution is 2.16. The van der Waals surface area contributed by atoms with Crippen molar-refractivity contribution < 1.29 is 19.1 Å². The van der Waals surface area contributed by atoms with Crippen LogP contribution in [0.2, 0.25) is 0 Å². The maximum Gasteiger partial charge on any atom is 0.338 e. The smallest absolute Gasteiger partial charge is 0.338 e. The van der Waals surface area contributed by atoms with Crippen LogP contribution in [0.1, 0.15) is 41.3 Å². The van der Waals surface area contributed by atoms with Gasteiger partial charge in [-0.05, 0) is 43.2 Å². The number of amides is 2. The van der Waals surface area contributed by atoms with Crippen molar-refractivity contribution in [3.8, 4) is 6.07 Å². The number of likely N-dealkylation sites (tertiary alicyclic amines) is 1. The molecule has 1 atom stereocenters. The Kier molecular flexibility index (Phi) is 6.25. The molecule has 0 unspecified atom stereocenters. The van der Waals surface area contributed by atoms with Gasteiger partial charge in [0, 0.05) is 19.5 Å². The number of hydrogen-bond acceptors (Lipinski definition) is 5. The molecule has 148 valence electrons. The minimum atomic E-state index is -1.03. The predicted molar refractivity (Wildman–Crippen MR) is 106 cm³/mol. The second kappa shape index (κ2) is 9.02. The highest BCUT2D eigenvalue weighted by Gasteiger charge is 2.21. The number of hydrogen-bond donors (Lipinski definition) is 1. The van der Waals surface area contributed by atoms with Gasteiger partial charge in [-0.15, -0.1) is 0 Å². The lowest BCUT2D eigenvalue weighted by atomic mass is 10.1. The highest BCUT2D eigenvalue weighted by molar-refractivity contribution is 5.98. The first-order valence-electron chi connectivity index (χ1n) is 9.35. The molecule has 2 aromatic rings. The number of para-hydroxylation sites is 1. The molecule has 2 amide bonds. The van der Waals surface area contributed by atoms with Crippen molar-refractivity contribution in [3.63, 3.8) is 0 Å². The van der Waals surface area contributed by atoms with E-state index in [0.717, 1.165) is 18.5 Å². The maximum atomic E-state index is 12.3. The van der Waals surface area contributed by atoms with E-state index >= 15 is 0 Å². The molecule has 29 heavy (non-hydrogen) atoms. The van der Waals surface area contributed by atoms with E-state index in [1.807, 2.05) is 6.07 Å². The molecule has 0 aliphatic carbocycles. The van der Waals surface area contributed by atoms with E-state index in [9.17, 15) is 14.4 Å². The Labute approximate surface area is 168 Å². The number of nitrogens with one attached hydrogen (secondary N) is 1. The van der Waals surface area contributed by atoms with E-state index in [1.165, 1.54) is 6.92 Å². The van der Waals surface area contributed by atoms with Crippen LogP contribution in [0, 0.1) is 11.3 Å². The summed E-state index contributed by atoms with van der Waals surface area (Å²) < 4.78 is 5.24. The maximum absolute atomic E-state index is 12.3. The van der Waals surface area contributed by atoms with Crippen LogP contribution in [-0.2, 0) is 20.9 Å². The minimum Gasteiger partial charge on any atom is -0.449 e. The van der Waals surface area contributed by atoms with E-state index < -0.39 is 18.0 Å². The van der Waals surface area contributed by atoms with Crippen molar-refractivity contribution in [3.05, 3.63) is 65.2 Å². The predicted octanol–water partition coefficient (Wildman–Crippen LogP) is 2.86. The molecule has 3 rings (SSSR count). The lowest BCUT2D eigenvalue weighted by Gasteiger charge is -2.16. The van der Waals surface area contributed by atoms with Crippen molar-refractivity contribution >= 4 is 23.5 Å². The van der Waals surface area contributed by atoms with Gasteiger partial charge in [0.25, 0.3) is 5.91 Å². The molecule has 0 spiro atoms. The van der Waals surface area contributed by atoms with E-state index in [1.54, 1.807) is 53.4 Å². The van der Waals surface area contributed by atoms with Crippen LogP contribution in [0.15, 0.2) is 48.5 Å². The molecular weight excluding hydrogens is 370 g/mol. The Morgan fingerprint density at radius 1 is 1.21 bits per heavy atom. The molecule has 1 fully saturated rings. The standard InChI is InChI=1S/C22H21N3O4/c1-15(21(27)24-19-6-3-2-5-18(19)13-23)29-22(28)17-10-8-16(9-11-17)14-25-12-4-7-20(25)26/h2-3,5-6,8-11,15H,4,7,12,14H2,1H3,(H,24,27)/t15-/m1/s1. The summed E-state index contributed by atoms with van der Waals surface area (Å²) in [5.74, 6) is -0.999. The van der Waals surface area contributed by atoms with Gasteiger partial charge in [0.2, 0.25) is 5.91 Å². The normalized spacial score (nSPS) is 14.2. The van der Waals surface area contributed by atoms with Gasteiger partial charge in [0.15, 0.2) is 6.10 Å². The Bertz CT molecular complexity index is 963. The van der Waals surface area contributed by atoms with Gasteiger partial charge in [-0.2, -0.15) is 5.26 Å². The van der Waals surface area contributed by atoms with Gasteiger partial charge >= 0.3 is 5.97 Å². The summed E-state index contributed by atoms with van der Waals surface area (Å²) in [5, 5.41) is 11.7. The topological polar surface area (TPSA) is 99.5 Å². The third-order valence-electron chi connectivity index (χ3n) is 4.69. The lowest BCUT2D eigenvalue weighted by Crippen LogP contribution is -2.30. The van der Waals surface area contributed by atoms with Crippen molar-refractivity contribution in [2.24, 2.45) is 0 Å². The van der Waals surface area contributed by atoms with Crippen molar-refractivity contribution in [1.29, 1.82) is 5.26 Å². The van der Waals surface area contributed by atoms with Crippen LogP contribution < -0.4 is 5.32 Å². The van der Waals surface area contributed by atoms with Crippen molar-refractivity contribution in [2.75, 3.05) is 11.9 Å². The van der Waals surface area contributed by atoms with Gasteiger partial charge in [0.1, 0.15) is 6.07 Å². The number of rotatable bonds is 6. The van der Waals surface area contributed by atoms with Gasteiger partial charge in [-0.25, -0.2) is 4.79 Å². The summed E-state index contributed by atoms with van der Waals surface area (Å²) in [7, 11) is 0. The molecule has 0 aromatic heterocycles. The molecule has 1 aliphatic rings. The van der Waals surface area contributed by atoms with Crippen molar-refractivity contribution in [1.82, 2.24) is 4.90 Å². The summed E-state index contributed by atoms with van der Waals surface area (Å²) in [4.78, 5) is 38.1. The number of carbonyl (C=O) groups excluding carboxylic acids is 3. The zero-order valence-corrected chi connectivity index (χ0v) is 16.1. The molecule has 0 radical (unpaired) electrons. The fourth-order valence-electron chi connectivity index (χ4n) is 3.04. The molecule has 0 saturated carbocycles. The van der Waals surface area contributed by atoms with Crippen LogP contribution in [0.4, 0.5) is 5.69 Å². The van der Waals surface area contributed by atoms with Crippen LogP contribution in [0.5, 0.6) is 0 Å². The summed E-state index contributed by atoms with van der Waals surface area (Å²) in [6.07, 6.45) is 0.432. The highest BCUT2D eigenvalue weighted by atomic mass is 16.5. The zero-order valence-electron chi connectivity index (χ0n) is 16.1. The van der Waals surface area contributed by atoms with Crippen LogP contribution in [0.3, 0.4) is 0 Å². The minimum absolute atomic E-state index is 0.145. The van der Waals surface area contributed by atoms with Gasteiger partial charge < -0.3 is 15.0 Å². The SMILES string of the molecule is C[C@@H](OC(=O)c1ccc(CN2CCCC2=O)cc1)C(=O)Nc1ccccc1C#N. The summed E-state index contributed by atoms with van der Waals surface area (Å²) >= 11 is 0.